The molecule has 0 spiro atoms. The first-order valence-corrected chi connectivity index (χ1v) is 9.32. The molecule has 1 fully saturated rings. The van der Waals surface area contributed by atoms with E-state index in [-0.39, 0.29) is 6.04 Å². The van der Waals surface area contributed by atoms with Crippen LogP contribution in [0.5, 0.6) is 5.75 Å². The molecular formula is C25H20N2O3. The minimum Gasteiger partial charge on any atom is -0.497 e. The highest BCUT2D eigenvalue weighted by atomic mass is 16.6. The molecule has 0 aliphatic carbocycles. The Morgan fingerprint density at radius 3 is 2.20 bits per heavy atom. The largest absolute Gasteiger partial charge is 0.497 e. The molecule has 4 rings (SSSR count). The third-order valence-corrected chi connectivity index (χ3v) is 4.28. The maximum absolute atomic E-state index is 11.1. The maximum atomic E-state index is 11.1. The summed E-state index contributed by atoms with van der Waals surface area (Å²) in [5, 5.41) is 11.6. The number of nitrogens with one attached hydrogen (secondary N) is 1. The van der Waals surface area contributed by atoms with Gasteiger partial charge in [-0.2, -0.15) is 5.26 Å². The number of nitrogens with zero attached hydrogens (tertiary/aromatic N) is 1. The van der Waals surface area contributed by atoms with E-state index in [4.69, 9.17) is 14.7 Å². The average molecular weight is 396 g/mol. The van der Waals surface area contributed by atoms with Gasteiger partial charge in [-0.25, -0.2) is 4.79 Å². The van der Waals surface area contributed by atoms with Crippen LogP contribution in [0.2, 0.25) is 0 Å². The van der Waals surface area contributed by atoms with E-state index in [0.29, 0.717) is 12.2 Å². The number of alkyl carbamates (subject to hydrolysis) is 1. The second-order valence-electron chi connectivity index (χ2n) is 6.38. The highest BCUT2D eigenvalue weighted by Crippen LogP contribution is 2.19. The molecule has 0 unspecified atom stereocenters. The maximum Gasteiger partial charge on any atom is 0.407 e. The topological polar surface area (TPSA) is 71.3 Å². The van der Waals surface area contributed by atoms with Crippen LogP contribution in [0.1, 0.15) is 28.3 Å². The normalized spacial score (nSPS) is 14.0. The van der Waals surface area contributed by atoms with Gasteiger partial charge < -0.3 is 14.8 Å². The Morgan fingerprint density at radius 2 is 1.60 bits per heavy atom. The zero-order valence-electron chi connectivity index (χ0n) is 16.5. The van der Waals surface area contributed by atoms with Gasteiger partial charge in [0, 0.05) is 11.1 Å². The summed E-state index contributed by atoms with van der Waals surface area (Å²) < 4.78 is 9.81. The first-order valence-electron chi connectivity index (χ1n) is 9.32. The molecular weight excluding hydrogens is 376 g/mol. The SMILES string of the molecule is COc1ccccc1.N#Cc1cccc(C#Cc2cccc([C@@H]3COC(=O)N3)c2)c1. The predicted molar refractivity (Wildman–Crippen MR) is 114 cm³/mol. The number of rotatable bonds is 2. The summed E-state index contributed by atoms with van der Waals surface area (Å²) in [5.74, 6) is 7.03. The number of ether oxygens (including phenoxy) is 2. The molecule has 0 bridgehead atoms. The molecule has 30 heavy (non-hydrogen) atoms. The Balaban J connectivity index is 0.000000269. The lowest BCUT2D eigenvalue weighted by Crippen LogP contribution is -2.18. The second kappa shape index (κ2) is 10.4. The van der Waals surface area contributed by atoms with E-state index < -0.39 is 6.09 Å². The van der Waals surface area contributed by atoms with Crippen molar-refractivity contribution in [2.24, 2.45) is 0 Å². The van der Waals surface area contributed by atoms with Gasteiger partial charge in [0.25, 0.3) is 0 Å². The number of benzene rings is 3. The predicted octanol–water partition coefficient (Wildman–Crippen LogP) is 4.43. The van der Waals surface area contributed by atoms with Crippen molar-refractivity contribution in [1.82, 2.24) is 5.32 Å². The first-order chi connectivity index (χ1) is 14.7. The fourth-order valence-electron chi connectivity index (χ4n) is 2.76. The lowest BCUT2D eigenvalue weighted by molar-refractivity contribution is 0.177. The van der Waals surface area contributed by atoms with Gasteiger partial charge in [0.15, 0.2) is 0 Å². The van der Waals surface area contributed by atoms with Crippen LogP contribution in [-0.4, -0.2) is 19.8 Å². The zero-order valence-corrected chi connectivity index (χ0v) is 16.5. The Morgan fingerprint density at radius 1 is 0.933 bits per heavy atom. The van der Waals surface area contributed by atoms with Crippen LogP contribution in [0.25, 0.3) is 0 Å². The van der Waals surface area contributed by atoms with Gasteiger partial charge in [-0.1, -0.05) is 48.2 Å². The summed E-state index contributed by atoms with van der Waals surface area (Å²) in [7, 11) is 1.66. The molecule has 5 heteroatoms. The summed E-state index contributed by atoms with van der Waals surface area (Å²) in [4.78, 5) is 11.1. The van der Waals surface area contributed by atoms with Crippen LogP contribution in [0.3, 0.4) is 0 Å². The summed E-state index contributed by atoms with van der Waals surface area (Å²) >= 11 is 0. The molecule has 5 nitrogen and oxygen atoms in total. The quantitative estimate of drug-likeness (QED) is 0.651. The summed E-state index contributed by atoms with van der Waals surface area (Å²) in [6.45, 7) is 0.333. The Hall–Kier alpha value is -4.22. The van der Waals surface area contributed by atoms with E-state index in [1.54, 1.807) is 19.2 Å². The van der Waals surface area contributed by atoms with Crippen LogP contribution >= 0.6 is 0 Å². The fourth-order valence-corrected chi connectivity index (χ4v) is 2.76. The van der Waals surface area contributed by atoms with Gasteiger partial charge in [-0.15, -0.1) is 0 Å². The summed E-state index contributed by atoms with van der Waals surface area (Å²) in [5.41, 5.74) is 3.19. The highest BCUT2D eigenvalue weighted by molar-refractivity contribution is 5.70. The van der Waals surface area contributed by atoms with Crippen molar-refractivity contribution in [3.8, 4) is 23.7 Å². The van der Waals surface area contributed by atoms with E-state index in [9.17, 15) is 4.79 Å². The molecule has 1 heterocycles. The number of methoxy groups -OCH3 is 1. The minimum atomic E-state index is -0.394. The third-order valence-electron chi connectivity index (χ3n) is 4.28. The Labute approximate surface area is 175 Å². The van der Waals surface area contributed by atoms with E-state index in [2.05, 4.69) is 23.2 Å². The standard InChI is InChI=1S/C18H12N2O2.C7H8O/c19-11-15-5-1-3-13(9-15)7-8-14-4-2-6-16(10-14)17-12-22-18(21)20-17;1-8-7-5-3-2-4-6-7/h1-6,9-10,17H,12H2,(H,20,21);2-6H,1H3/t17-;/m0./s1. The van der Waals surface area contributed by atoms with Gasteiger partial charge in [-0.05, 0) is 48.0 Å². The second-order valence-corrected chi connectivity index (χ2v) is 6.38. The van der Waals surface area contributed by atoms with Gasteiger partial charge >= 0.3 is 6.09 Å². The van der Waals surface area contributed by atoms with Crippen molar-refractivity contribution in [3.63, 3.8) is 0 Å². The van der Waals surface area contributed by atoms with Gasteiger partial charge in [-0.3, -0.25) is 0 Å². The molecule has 1 aliphatic rings. The van der Waals surface area contributed by atoms with Gasteiger partial charge in [0.2, 0.25) is 0 Å². The zero-order chi connectivity index (χ0) is 21.2. The molecule has 148 valence electrons. The fraction of sp³-hybridized carbons (Fsp3) is 0.120. The molecule has 1 atom stereocenters. The number of amides is 1. The van der Waals surface area contributed by atoms with Crippen molar-refractivity contribution >= 4 is 6.09 Å². The van der Waals surface area contributed by atoms with Crippen molar-refractivity contribution in [2.45, 2.75) is 6.04 Å². The van der Waals surface area contributed by atoms with Crippen molar-refractivity contribution in [2.75, 3.05) is 13.7 Å². The number of hydrogen-bond acceptors (Lipinski definition) is 4. The molecule has 0 radical (unpaired) electrons. The molecule has 1 N–H and O–H groups in total. The van der Waals surface area contributed by atoms with E-state index in [0.717, 1.165) is 22.4 Å². The molecule has 1 aliphatic heterocycles. The van der Waals surface area contributed by atoms with Crippen molar-refractivity contribution in [1.29, 1.82) is 5.26 Å². The monoisotopic (exact) mass is 396 g/mol. The number of para-hydroxylation sites is 1. The highest BCUT2D eigenvalue weighted by Gasteiger charge is 2.23. The van der Waals surface area contributed by atoms with Crippen LogP contribution in [-0.2, 0) is 4.74 Å². The number of hydrogen-bond donors (Lipinski definition) is 1. The van der Waals surface area contributed by atoms with Crippen LogP contribution < -0.4 is 10.1 Å². The Kier molecular flexibility index (Phi) is 7.08. The van der Waals surface area contributed by atoms with E-state index >= 15 is 0 Å². The minimum absolute atomic E-state index is 0.129. The van der Waals surface area contributed by atoms with Crippen molar-refractivity contribution < 1.29 is 14.3 Å². The molecule has 3 aromatic rings. The first kappa shape index (κ1) is 20.5. The Bertz CT molecular complexity index is 1110. The number of nitriles is 1. The van der Waals surface area contributed by atoms with Crippen LogP contribution in [0, 0.1) is 23.2 Å². The third kappa shape index (κ3) is 5.89. The molecule has 1 saturated heterocycles. The number of carbonyl (C=O) groups excluding carboxylic acids is 1. The summed E-state index contributed by atoms with van der Waals surface area (Å²) in [6.07, 6.45) is -0.394. The van der Waals surface area contributed by atoms with E-state index in [1.165, 1.54) is 0 Å². The van der Waals surface area contributed by atoms with Gasteiger partial charge in [0.05, 0.1) is 24.8 Å². The van der Waals surface area contributed by atoms with Crippen LogP contribution in [0.15, 0.2) is 78.9 Å². The molecule has 3 aromatic carbocycles. The number of cyclic esters (lactones) is 1. The van der Waals surface area contributed by atoms with Gasteiger partial charge in [0.1, 0.15) is 12.4 Å². The van der Waals surface area contributed by atoms with E-state index in [1.807, 2.05) is 66.7 Å². The van der Waals surface area contributed by atoms with Crippen molar-refractivity contribution in [3.05, 3.63) is 101 Å². The smallest absolute Gasteiger partial charge is 0.407 e. The van der Waals surface area contributed by atoms with Crippen LogP contribution in [0.4, 0.5) is 4.79 Å². The molecule has 1 amide bonds. The lowest BCUT2D eigenvalue weighted by atomic mass is 10.0. The summed E-state index contributed by atoms with van der Waals surface area (Å²) in [6, 6.07) is 26.5. The number of carbonyl (C=O) groups is 1. The average Bonchev–Trinajstić information content (AvgIpc) is 3.25. The molecule has 0 aromatic heterocycles. The lowest BCUT2D eigenvalue weighted by Gasteiger charge is -2.07. The molecule has 0 saturated carbocycles.